The van der Waals surface area contributed by atoms with Gasteiger partial charge < -0.3 is 9.09 Å². The fourth-order valence-corrected chi connectivity index (χ4v) is 3.96. The summed E-state index contributed by atoms with van der Waals surface area (Å²) >= 11 is 0. The lowest BCUT2D eigenvalue weighted by Crippen LogP contribution is -1.94. The number of para-hydroxylation sites is 1. The molecule has 0 radical (unpaired) electrons. The van der Waals surface area contributed by atoms with Gasteiger partial charge in [-0.15, -0.1) is 0 Å². The Labute approximate surface area is 175 Å². The predicted molar refractivity (Wildman–Crippen MR) is 119 cm³/mol. The molecule has 2 heterocycles. The zero-order valence-electron chi connectivity index (χ0n) is 17.0. The molecule has 0 amide bonds. The number of nitrogens with zero attached hydrogens (tertiary/aromatic N) is 3. The Bertz CT molecular complexity index is 1270. The smallest absolute Gasteiger partial charge is 0.226 e. The first-order chi connectivity index (χ1) is 14.8. The molecule has 0 fully saturated rings. The Morgan fingerprint density at radius 3 is 2.37 bits per heavy atom. The molecule has 2 aromatic heterocycles. The average Bonchev–Trinajstić information content (AvgIpc) is 3.37. The van der Waals surface area contributed by atoms with E-state index < -0.39 is 0 Å². The minimum Gasteiger partial charge on any atom is -0.350 e. The van der Waals surface area contributed by atoms with E-state index in [1.165, 1.54) is 33.2 Å². The summed E-state index contributed by atoms with van der Waals surface area (Å²) in [6, 6.07) is 27.4. The van der Waals surface area contributed by atoms with E-state index in [0.717, 1.165) is 18.7 Å². The van der Waals surface area contributed by atoms with Gasteiger partial charge in [0.2, 0.25) is 5.89 Å². The van der Waals surface area contributed by atoms with Crippen molar-refractivity contribution in [3.8, 4) is 11.1 Å². The molecule has 0 spiro atoms. The number of fused-ring (bicyclic) bond motifs is 1. The third-order valence-electron chi connectivity index (χ3n) is 5.52. The van der Waals surface area contributed by atoms with Crippen molar-refractivity contribution in [3.63, 3.8) is 0 Å². The number of hydrogen-bond donors (Lipinski definition) is 0. The Morgan fingerprint density at radius 2 is 1.53 bits per heavy atom. The molecule has 0 saturated heterocycles. The second-order valence-corrected chi connectivity index (χ2v) is 7.63. The molecule has 0 N–H and O–H groups in total. The Kier molecular flexibility index (Phi) is 4.89. The highest BCUT2D eigenvalue weighted by molar-refractivity contribution is 5.83. The summed E-state index contributed by atoms with van der Waals surface area (Å²) in [6.07, 6.45) is 4.49. The topological polar surface area (TPSA) is 43.9 Å². The number of aromatic nitrogens is 3. The Morgan fingerprint density at radius 1 is 0.800 bits per heavy atom. The van der Waals surface area contributed by atoms with Crippen molar-refractivity contribution in [3.05, 3.63) is 108 Å². The van der Waals surface area contributed by atoms with Gasteiger partial charge in [0.15, 0.2) is 5.82 Å². The van der Waals surface area contributed by atoms with Gasteiger partial charge in [-0.05, 0) is 34.7 Å². The summed E-state index contributed by atoms with van der Waals surface area (Å²) in [5.74, 6) is 1.43. The van der Waals surface area contributed by atoms with Crippen molar-refractivity contribution >= 4 is 10.9 Å². The predicted octanol–water partition coefficient (Wildman–Crippen LogP) is 5.60. The van der Waals surface area contributed by atoms with Crippen molar-refractivity contribution in [1.82, 2.24) is 14.7 Å². The molecule has 30 heavy (non-hydrogen) atoms. The lowest BCUT2D eigenvalue weighted by molar-refractivity contribution is 0.374. The van der Waals surface area contributed by atoms with Crippen molar-refractivity contribution in [2.45, 2.75) is 19.3 Å². The fraction of sp³-hybridized carbons (Fsp3) is 0.154. The van der Waals surface area contributed by atoms with Crippen molar-refractivity contribution in [2.24, 2.45) is 7.05 Å². The van der Waals surface area contributed by atoms with E-state index in [2.05, 4.69) is 101 Å². The highest BCUT2D eigenvalue weighted by Gasteiger charge is 2.11. The molecule has 0 unspecified atom stereocenters. The first kappa shape index (κ1) is 18.4. The molecule has 4 nitrogen and oxygen atoms in total. The van der Waals surface area contributed by atoms with E-state index >= 15 is 0 Å². The van der Waals surface area contributed by atoms with Crippen LogP contribution in [0.5, 0.6) is 0 Å². The van der Waals surface area contributed by atoms with Crippen LogP contribution in [0.1, 0.15) is 22.8 Å². The van der Waals surface area contributed by atoms with E-state index in [1.807, 2.05) is 6.07 Å². The molecule has 0 aliphatic heterocycles. The van der Waals surface area contributed by atoms with Crippen LogP contribution >= 0.6 is 0 Å². The highest BCUT2D eigenvalue weighted by Crippen LogP contribution is 2.22. The number of hydrogen-bond acceptors (Lipinski definition) is 3. The highest BCUT2D eigenvalue weighted by atomic mass is 16.5. The molecule has 5 rings (SSSR count). The maximum atomic E-state index is 5.50. The third-order valence-corrected chi connectivity index (χ3v) is 5.52. The molecule has 148 valence electrons. The van der Waals surface area contributed by atoms with Crippen LogP contribution in [0.25, 0.3) is 22.0 Å². The first-order valence-corrected chi connectivity index (χ1v) is 10.2. The second-order valence-electron chi connectivity index (χ2n) is 7.63. The van der Waals surface area contributed by atoms with Crippen LogP contribution < -0.4 is 0 Å². The lowest BCUT2D eigenvalue weighted by Gasteiger charge is -2.03. The van der Waals surface area contributed by atoms with E-state index in [9.17, 15) is 0 Å². The summed E-state index contributed by atoms with van der Waals surface area (Å²) in [6.45, 7) is 0. The lowest BCUT2D eigenvalue weighted by atomic mass is 10.0. The summed E-state index contributed by atoms with van der Waals surface area (Å²) in [5, 5.41) is 5.47. The first-order valence-electron chi connectivity index (χ1n) is 10.2. The van der Waals surface area contributed by atoms with Gasteiger partial charge in [-0.1, -0.05) is 78.0 Å². The monoisotopic (exact) mass is 393 g/mol. The van der Waals surface area contributed by atoms with Gasteiger partial charge in [0.1, 0.15) is 0 Å². The van der Waals surface area contributed by atoms with Crippen LogP contribution in [-0.2, 0) is 26.3 Å². The molecule has 3 aromatic carbocycles. The molecule has 0 bridgehead atoms. The van der Waals surface area contributed by atoms with Crippen LogP contribution in [0.4, 0.5) is 0 Å². The van der Waals surface area contributed by atoms with E-state index in [1.54, 1.807) is 0 Å². The van der Waals surface area contributed by atoms with Gasteiger partial charge in [-0.2, -0.15) is 4.98 Å². The van der Waals surface area contributed by atoms with Crippen LogP contribution in [0.3, 0.4) is 0 Å². The van der Waals surface area contributed by atoms with E-state index in [-0.39, 0.29) is 0 Å². The second kappa shape index (κ2) is 7.99. The minimum atomic E-state index is 0.673. The SMILES string of the molecule is Cn1cc(CCc2nc(Cc3ccc(-c4ccccc4)cc3)no2)c2ccccc21. The zero-order valence-corrected chi connectivity index (χ0v) is 17.0. The molecular formula is C26H23N3O. The quantitative estimate of drug-likeness (QED) is 0.377. The van der Waals surface area contributed by atoms with Gasteiger partial charge in [-0.25, -0.2) is 0 Å². The largest absolute Gasteiger partial charge is 0.350 e. The average molecular weight is 393 g/mol. The standard InChI is InChI=1S/C26H23N3O/c1-29-18-22(23-9-5-6-10-24(23)29)15-16-26-27-25(28-30-26)17-19-11-13-21(14-12-19)20-7-3-2-4-8-20/h2-14,18H,15-17H2,1H3. The third kappa shape index (κ3) is 3.77. The summed E-state index contributed by atoms with van der Waals surface area (Å²) in [7, 11) is 2.08. The summed E-state index contributed by atoms with van der Waals surface area (Å²) < 4.78 is 7.67. The Hall–Kier alpha value is -3.66. The molecule has 4 heteroatoms. The van der Waals surface area contributed by atoms with Gasteiger partial charge in [-0.3, -0.25) is 0 Å². The number of aryl methyl sites for hydroxylation is 3. The van der Waals surface area contributed by atoms with Crippen LogP contribution in [0, 0.1) is 0 Å². The molecule has 0 aliphatic carbocycles. The maximum Gasteiger partial charge on any atom is 0.226 e. The van der Waals surface area contributed by atoms with E-state index in [4.69, 9.17) is 4.52 Å². The molecule has 0 aliphatic rings. The van der Waals surface area contributed by atoms with E-state index in [0.29, 0.717) is 12.3 Å². The number of rotatable bonds is 6. The fourth-order valence-electron chi connectivity index (χ4n) is 3.96. The van der Waals surface area contributed by atoms with Gasteiger partial charge in [0, 0.05) is 37.0 Å². The van der Waals surface area contributed by atoms with Crippen LogP contribution in [0.15, 0.2) is 89.6 Å². The Balaban J connectivity index is 1.24. The maximum absolute atomic E-state index is 5.50. The molecule has 0 saturated carbocycles. The zero-order chi connectivity index (χ0) is 20.3. The number of benzene rings is 3. The van der Waals surface area contributed by atoms with Crippen molar-refractivity contribution < 1.29 is 4.52 Å². The van der Waals surface area contributed by atoms with Crippen molar-refractivity contribution in [1.29, 1.82) is 0 Å². The molecule has 0 atom stereocenters. The van der Waals surface area contributed by atoms with Gasteiger partial charge >= 0.3 is 0 Å². The molecule has 5 aromatic rings. The minimum absolute atomic E-state index is 0.673. The summed E-state index contributed by atoms with van der Waals surface area (Å²) in [4.78, 5) is 4.60. The van der Waals surface area contributed by atoms with Gasteiger partial charge in [0.25, 0.3) is 0 Å². The normalized spacial score (nSPS) is 11.2. The summed E-state index contributed by atoms with van der Waals surface area (Å²) in [5.41, 5.74) is 6.17. The van der Waals surface area contributed by atoms with Crippen LogP contribution in [0.2, 0.25) is 0 Å². The van der Waals surface area contributed by atoms with Gasteiger partial charge in [0.05, 0.1) is 0 Å². The molecular weight excluding hydrogens is 370 g/mol. The van der Waals surface area contributed by atoms with Crippen molar-refractivity contribution in [2.75, 3.05) is 0 Å². The van der Waals surface area contributed by atoms with Crippen LogP contribution in [-0.4, -0.2) is 14.7 Å².